The maximum absolute atomic E-state index is 12.2. The first kappa shape index (κ1) is 15.2. The average molecular weight is 317 g/mol. The molecule has 1 fully saturated rings. The SMILES string of the molecule is Cc1cc(S(=O)(=O)N2CC[C@H](N)C2)sc1Cl.Cl. The summed E-state index contributed by atoms with van der Waals surface area (Å²) in [4.78, 5) is 0. The van der Waals surface area contributed by atoms with Crippen LogP contribution in [0.1, 0.15) is 12.0 Å². The van der Waals surface area contributed by atoms with Gasteiger partial charge in [-0.15, -0.1) is 23.7 Å². The van der Waals surface area contributed by atoms with Crippen molar-refractivity contribution in [1.82, 2.24) is 4.31 Å². The highest BCUT2D eigenvalue weighted by molar-refractivity contribution is 7.91. The predicted molar refractivity (Wildman–Crippen MR) is 72.7 cm³/mol. The third kappa shape index (κ3) is 2.94. The Balaban J connectivity index is 0.00000144. The van der Waals surface area contributed by atoms with E-state index < -0.39 is 10.0 Å². The number of halogens is 2. The molecule has 2 heterocycles. The minimum Gasteiger partial charge on any atom is -0.326 e. The van der Waals surface area contributed by atoms with E-state index in [4.69, 9.17) is 17.3 Å². The zero-order valence-electron chi connectivity index (χ0n) is 9.22. The topological polar surface area (TPSA) is 63.4 Å². The first-order valence-corrected chi connectivity index (χ1v) is 7.56. The van der Waals surface area contributed by atoms with Crippen LogP contribution in [-0.2, 0) is 10.0 Å². The second kappa shape index (κ2) is 5.42. The number of nitrogens with zero attached hydrogens (tertiary/aromatic N) is 1. The summed E-state index contributed by atoms with van der Waals surface area (Å²) in [5, 5.41) is 0. The first-order valence-electron chi connectivity index (χ1n) is 4.93. The van der Waals surface area contributed by atoms with Gasteiger partial charge in [-0.3, -0.25) is 0 Å². The van der Waals surface area contributed by atoms with Gasteiger partial charge in [0.05, 0.1) is 4.34 Å². The van der Waals surface area contributed by atoms with Crippen molar-refractivity contribution in [2.45, 2.75) is 23.6 Å². The van der Waals surface area contributed by atoms with Crippen molar-refractivity contribution in [3.63, 3.8) is 0 Å². The van der Waals surface area contributed by atoms with E-state index in [2.05, 4.69) is 0 Å². The summed E-state index contributed by atoms with van der Waals surface area (Å²) in [5.41, 5.74) is 6.51. The number of rotatable bonds is 2. The normalized spacial score (nSPS) is 21.5. The fourth-order valence-electron chi connectivity index (χ4n) is 1.66. The largest absolute Gasteiger partial charge is 0.326 e. The molecule has 4 nitrogen and oxygen atoms in total. The number of thiophene rings is 1. The molecule has 1 aliphatic rings. The Labute approximate surface area is 116 Å². The van der Waals surface area contributed by atoms with Gasteiger partial charge in [-0.25, -0.2) is 8.42 Å². The Bertz CT molecular complexity index is 482. The quantitative estimate of drug-likeness (QED) is 0.905. The summed E-state index contributed by atoms with van der Waals surface area (Å²) >= 11 is 6.99. The van der Waals surface area contributed by atoms with Crippen molar-refractivity contribution < 1.29 is 8.42 Å². The van der Waals surface area contributed by atoms with Gasteiger partial charge in [0, 0.05) is 19.1 Å². The fourth-order valence-corrected chi connectivity index (χ4v) is 5.03. The minimum absolute atomic E-state index is 0. The molecule has 1 aliphatic heterocycles. The summed E-state index contributed by atoms with van der Waals surface area (Å²) in [6.45, 7) is 2.70. The van der Waals surface area contributed by atoms with Crippen molar-refractivity contribution in [1.29, 1.82) is 0 Å². The van der Waals surface area contributed by atoms with Gasteiger partial charge in [-0.1, -0.05) is 11.6 Å². The van der Waals surface area contributed by atoms with Crippen LogP contribution in [0.5, 0.6) is 0 Å². The molecule has 1 aromatic heterocycles. The third-order valence-electron chi connectivity index (χ3n) is 2.62. The van der Waals surface area contributed by atoms with Crippen LogP contribution in [0, 0.1) is 6.92 Å². The Morgan fingerprint density at radius 2 is 2.24 bits per heavy atom. The van der Waals surface area contributed by atoms with E-state index in [1.54, 1.807) is 13.0 Å². The molecule has 98 valence electrons. The molecule has 0 aromatic carbocycles. The zero-order chi connectivity index (χ0) is 11.9. The summed E-state index contributed by atoms with van der Waals surface area (Å²) in [6.07, 6.45) is 0.720. The van der Waals surface area contributed by atoms with Crippen LogP contribution >= 0.6 is 35.3 Å². The van der Waals surface area contributed by atoms with E-state index in [0.29, 0.717) is 21.6 Å². The molecule has 0 spiro atoms. The van der Waals surface area contributed by atoms with E-state index in [1.165, 1.54) is 4.31 Å². The fraction of sp³-hybridized carbons (Fsp3) is 0.556. The molecule has 0 bridgehead atoms. The van der Waals surface area contributed by atoms with E-state index >= 15 is 0 Å². The Morgan fingerprint density at radius 3 is 2.65 bits per heavy atom. The molecule has 1 aromatic rings. The number of aryl methyl sites for hydroxylation is 1. The molecule has 0 unspecified atom stereocenters. The highest BCUT2D eigenvalue weighted by Crippen LogP contribution is 2.32. The molecule has 0 amide bonds. The molecule has 17 heavy (non-hydrogen) atoms. The molecular weight excluding hydrogens is 303 g/mol. The van der Waals surface area contributed by atoms with Crippen molar-refractivity contribution in [2.75, 3.05) is 13.1 Å². The second-order valence-corrected chi connectivity index (χ2v) is 7.75. The van der Waals surface area contributed by atoms with E-state index in [1.807, 2.05) is 0 Å². The Hall–Kier alpha value is 0.150. The lowest BCUT2D eigenvalue weighted by molar-refractivity contribution is 0.474. The predicted octanol–water partition coefficient (Wildman–Crippen LogP) is 1.85. The van der Waals surface area contributed by atoms with Crippen molar-refractivity contribution in [3.8, 4) is 0 Å². The van der Waals surface area contributed by atoms with Crippen LogP contribution < -0.4 is 5.73 Å². The van der Waals surface area contributed by atoms with E-state index in [9.17, 15) is 8.42 Å². The van der Waals surface area contributed by atoms with Crippen LogP contribution in [0.3, 0.4) is 0 Å². The van der Waals surface area contributed by atoms with Gasteiger partial charge in [-0.05, 0) is 25.0 Å². The summed E-state index contributed by atoms with van der Waals surface area (Å²) in [7, 11) is -3.39. The smallest absolute Gasteiger partial charge is 0.252 e. The van der Waals surface area contributed by atoms with E-state index in [-0.39, 0.29) is 18.4 Å². The molecule has 2 N–H and O–H groups in total. The van der Waals surface area contributed by atoms with Crippen LogP contribution in [0.2, 0.25) is 4.34 Å². The molecule has 1 atom stereocenters. The van der Waals surface area contributed by atoms with Gasteiger partial charge < -0.3 is 5.73 Å². The molecule has 8 heteroatoms. The highest BCUT2D eigenvalue weighted by Gasteiger charge is 2.32. The monoisotopic (exact) mass is 316 g/mol. The summed E-state index contributed by atoms with van der Waals surface area (Å²) in [5.74, 6) is 0. The lowest BCUT2D eigenvalue weighted by Crippen LogP contribution is -2.31. The molecule has 0 radical (unpaired) electrons. The van der Waals surface area contributed by atoms with Gasteiger partial charge in [0.1, 0.15) is 4.21 Å². The molecular formula is C9H14Cl2N2O2S2. The summed E-state index contributed by atoms with van der Waals surface area (Å²) in [6, 6.07) is 1.57. The Kier molecular flexibility index (Phi) is 4.85. The van der Waals surface area contributed by atoms with E-state index in [0.717, 1.165) is 23.3 Å². The van der Waals surface area contributed by atoms with Gasteiger partial charge in [-0.2, -0.15) is 4.31 Å². The average Bonchev–Trinajstić information content (AvgIpc) is 2.75. The minimum atomic E-state index is -3.39. The highest BCUT2D eigenvalue weighted by atomic mass is 35.5. The molecule has 0 aliphatic carbocycles. The van der Waals surface area contributed by atoms with Crippen molar-refractivity contribution in [2.24, 2.45) is 5.73 Å². The Morgan fingerprint density at radius 1 is 1.59 bits per heavy atom. The zero-order valence-corrected chi connectivity index (χ0v) is 12.4. The van der Waals surface area contributed by atoms with Gasteiger partial charge in [0.2, 0.25) is 0 Å². The van der Waals surface area contributed by atoms with Crippen LogP contribution in [-0.4, -0.2) is 31.9 Å². The maximum Gasteiger partial charge on any atom is 0.252 e. The van der Waals surface area contributed by atoms with Crippen LogP contribution in [0.25, 0.3) is 0 Å². The lowest BCUT2D eigenvalue weighted by atomic mass is 10.3. The number of nitrogens with two attached hydrogens (primary N) is 1. The van der Waals surface area contributed by atoms with Gasteiger partial charge in [0.15, 0.2) is 0 Å². The molecule has 0 saturated carbocycles. The van der Waals surface area contributed by atoms with Crippen molar-refractivity contribution in [3.05, 3.63) is 16.0 Å². The maximum atomic E-state index is 12.2. The number of hydrogen-bond donors (Lipinski definition) is 1. The number of sulfonamides is 1. The standard InChI is InChI=1S/C9H13ClN2O2S2.ClH/c1-6-4-8(15-9(6)10)16(13,14)12-3-2-7(11)5-12;/h4,7H,2-3,5,11H2,1H3;1H/t7-;/m0./s1. The molecule has 1 saturated heterocycles. The molecule has 2 rings (SSSR count). The first-order chi connectivity index (χ1) is 7.41. The third-order valence-corrected chi connectivity index (χ3v) is 6.49. The van der Waals surface area contributed by atoms with Crippen LogP contribution in [0.15, 0.2) is 10.3 Å². The lowest BCUT2D eigenvalue weighted by Gasteiger charge is -2.13. The van der Waals surface area contributed by atoms with Gasteiger partial charge in [0.25, 0.3) is 10.0 Å². The second-order valence-electron chi connectivity index (χ2n) is 3.93. The van der Waals surface area contributed by atoms with Gasteiger partial charge >= 0.3 is 0 Å². The van der Waals surface area contributed by atoms with Crippen molar-refractivity contribution >= 4 is 45.4 Å². The van der Waals surface area contributed by atoms with Crippen LogP contribution in [0.4, 0.5) is 0 Å². The summed E-state index contributed by atoms with van der Waals surface area (Å²) < 4.78 is 26.6. The number of hydrogen-bond acceptors (Lipinski definition) is 4.